The minimum Gasteiger partial charge on any atom is -0.394 e. The molecule has 0 aromatic heterocycles. The number of benzene rings is 1. The van der Waals surface area contributed by atoms with E-state index in [2.05, 4.69) is 5.32 Å². The lowest BCUT2D eigenvalue weighted by molar-refractivity contribution is -0.123. The summed E-state index contributed by atoms with van der Waals surface area (Å²) in [5, 5.41) is 11.5. The molecule has 1 rings (SSSR count). The molecule has 94 valence electrons. The summed E-state index contributed by atoms with van der Waals surface area (Å²) >= 11 is 0. The van der Waals surface area contributed by atoms with Crippen LogP contribution in [0.15, 0.2) is 30.3 Å². The molecule has 0 heterocycles. The van der Waals surface area contributed by atoms with E-state index in [4.69, 9.17) is 10.8 Å². The number of carbonyl (C=O) groups is 1. The number of carbonyl (C=O) groups excluding carboxylic acids is 1. The Kier molecular flexibility index (Phi) is 5.66. The quantitative estimate of drug-likeness (QED) is 0.671. The van der Waals surface area contributed by atoms with Gasteiger partial charge in [0.1, 0.15) is 0 Å². The lowest BCUT2D eigenvalue weighted by Crippen LogP contribution is -2.45. The molecular formula is C13H20N2O2. The Labute approximate surface area is 102 Å². The summed E-state index contributed by atoms with van der Waals surface area (Å²) in [4.78, 5) is 11.6. The van der Waals surface area contributed by atoms with Crippen LogP contribution in [0.3, 0.4) is 0 Å². The average molecular weight is 236 g/mol. The van der Waals surface area contributed by atoms with Gasteiger partial charge in [0.2, 0.25) is 5.91 Å². The maximum atomic E-state index is 11.6. The van der Waals surface area contributed by atoms with Crippen molar-refractivity contribution in [1.29, 1.82) is 0 Å². The van der Waals surface area contributed by atoms with Crippen molar-refractivity contribution >= 4 is 5.91 Å². The summed E-state index contributed by atoms with van der Waals surface area (Å²) in [6.07, 6.45) is 1.39. The van der Waals surface area contributed by atoms with Crippen LogP contribution in [0, 0.1) is 0 Å². The number of aliphatic hydroxyl groups excluding tert-OH is 1. The van der Waals surface area contributed by atoms with Gasteiger partial charge in [0.15, 0.2) is 0 Å². The molecule has 4 heteroatoms. The van der Waals surface area contributed by atoms with Crippen molar-refractivity contribution in [3.05, 3.63) is 35.9 Å². The van der Waals surface area contributed by atoms with Crippen molar-refractivity contribution in [1.82, 2.24) is 5.32 Å². The SMILES string of the molecule is C[C@@H](CO)NC(=O)C(N)CCc1ccccc1. The van der Waals surface area contributed by atoms with Gasteiger partial charge >= 0.3 is 0 Å². The van der Waals surface area contributed by atoms with Crippen molar-refractivity contribution in [3.8, 4) is 0 Å². The normalized spacial score (nSPS) is 14.1. The Balaban J connectivity index is 2.34. The molecule has 0 bridgehead atoms. The molecule has 0 saturated carbocycles. The Bertz CT molecular complexity index is 341. The van der Waals surface area contributed by atoms with Gasteiger partial charge in [0, 0.05) is 6.04 Å². The highest BCUT2D eigenvalue weighted by Crippen LogP contribution is 2.04. The molecule has 17 heavy (non-hydrogen) atoms. The van der Waals surface area contributed by atoms with Crippen LogP contribution in [0.5, 0.6) is 0 Å². The minimum absolute atomic E-state index is 0.0723. The second kappa shape index (κ2) is 7.04. The lowest BCUT2D eigenvalue weighted by atomic mass is 10.1. The maximum Gasteiger partial charge on any atom is 0.237 e. The van der Waals surface area contributed by atoms with E-state index in [1.807, 2.05) is 30.3 Å². The van der Waals surface area contributed by atoms with E-state index in [0.717, 1.165) is 6.42 Å². The standard InChI is InChI=1S/C13H20N2O2/c1-10(9-16)15-13(17)12(14)8-7-11-5-3-2-4-6-11/h2-6,10,12,16H,7-9,14H2,1H3,(H,15,17)/t10-,12?/m0/s1. The first-order valence-electron chi connectivity index (χ1n) is 5.84. The zero-order valence-corrected chi connectivity index (χ0v) is 10.1. The largest absolute Gasteiger partial charge is 0.394 e. The summed E-state index contributed by atoms with van der Waals surface area (Å²) < 4.78 is 0. The smallest absolute Gasteiger partial charge is 0.237 e. The van der Waals surface area contributed by atoms with E-state index >= 15 is 0 Å². The van der Waals surface area contributed by atoms with Crippen LogP contribution in [-0.2, 0) is 11.2 Å². The van der Waals surface area contributed by atoms with E-state index in [1.54, 1.807) is 6.92 Å². The van der Waals surface area contributed by atoms with E-state index < -0.39 is 6.04 Å². The van der Waals surface area contributed by atoms with Gasteiger partial charge < -0.3 is 16.2 Å². The molecule has 0 aliphatic carbocycles. The van der Waals surface area contributed by atoms with E-state index in [9.17, 15) is 4.79 Å². The highest BCUT2D eigenvalue weighted by atomic mass is 16.3. The summed E-state index contributed by atoms with van der Waals surface area (Å²) in [5.74, 6) is -0.206. The molecule has 1 aromatic carbocycles. The van der Waals surface area contributed by atoms with Gasteiger partial charge in [0.25, 0.3) is 0 Å². The predicted molar refractivity (Wildman–Crippen MR) is 67.4 cm³/mol. The highest BCUT2D eigenvalue weighted by Gasteiger charge is 2.14. The minimum atomic E-state index is -0.524. The average Bonchev–Trinajstić information content (AvgIpc) is 2.36. The van der Waals surface area contributed by atoms with Gasteiger partial charge in [0.05, 0.1) is 12.6 Å². The van der Waals surface area contributed by atoms with Crippen LogP contribution in [0.4, 0.5) is 0 Å². The molecule has 1 aromatic rings. The van der Waals surface area contributed by atoms with E-state index in [-0.39, 0.29) is 18.6 Å². The van der Waals surface area contributed by atoms with Crippen molar-refractivity contribution in [2.24, 2.45) is 5.73 Å². The number of aryl methyl sites for hydroxylation is 1. The summed E-state index contributed by atoms with van der Waals surface area (Å²) in [5.41, 5.74) is 6.95. The molecule has 1 unspecified atom stereocenters. The summed E-state index contributed by atoms with van der Waals surface area (Å²) in [7, 11) is 0. The molecule has 0 spiro atoms. The molecule has 0 saturated heterocycles. The predicted octanol–water partition coefficient (Wildman–Crippen LogP) is 0.444. The first kappa shape index (κ1) is 13.7. The third-order valence-corrected chi connectivity index (χ3v) is 2.59. The van der Waals surface area contributed by atoms with Crippen LogP contribution < -0.4 is 11.1 Å². The molecule has 0 radical (unpaired) electrons. The number of aliphatic hydroxyl groups is 1. The van der Waals surface area contributed by atoms with Gasteiger partial charge in [-0.25, -0.2) is 0 Å². The Morgan fingerprint density at radius 2 is 2.06 bits per heavy atom. The van der Waals surface area contributed by atoms with Crippen LogP contribution in [0.1, 0.15) is 18.9 Å². The molecular weight excluding hydrogens is 216 g/mol. The molecule has 0 fully saturated rings. The van der Waals surface area contributed by atoms with Crippen LogP contribution in [-0.4, -0.2) is 29.7 Å². The Hall–Kier alpha value is -1.39. The van der Waals surface area contributed by atoms with E-state index in [1.165, 1.54) is 5.56 Å². The number of hydrogen-bond donors (Lipinski definition) is 3. The summed E-state index contributed by atoms with van der Waals surface area (Å²) in [6.45, 7) is 1.67. The number of rotatable bonds is 6. The monoisotopic (exact) mass is 236 g/mol. The van der Waals surface area contributed by atoms with Crippen LogP contribution >= 0.6 is 0 Å². The number of amides is 1. The molecule has 0 aliphatic heterocycles. The Morgan fingerprint density at radius 1 is 1.41 bits per heavy atom. The zero-order valence-electron chi connectivity index (χ0n) is 10.1. The van der Waals surface area contributed by atoms with Crippen molar-refractivity contribution < 1.29 is 9.90 Å². The van der Waals surface area contributed by atoms with Gasteiger partial charge in [-0.1, -0.05) is 30.3 Å². The lowest BCUT2D eigenvalue weighted by Gasteiger charge is -2.15. The summed E-state index contributed by atoms with van der Waals surface area (Å²) in [6, 6.07) is 9.15. The van der Waals surface area contributed by atoms with Crippen LogP contribution in [0.25, 0.3) is 0 Å². The molecule has 4 nitrogen and oxygen atoms in total. The van der Waals surface area contributed by atoms with E-state index in [0.29, 0.717) is 6.42 Å². The van der Waals surface area contributed by atoms with Crippen LogP contribution in [0.2, 0.25) is 0 Å². The third-order valence-electron chi connectivity index (χ3n) is 2.59. The number of nitrogens with one attached hydrogen (secondary N) is 1. The zero-order chi connectivity index (χ0) is 12.7. The molecule has 4 N–H and O–H groups in total. The Morgan fingerprint density at radius 3 is 2.65 bits per heavy atom. The first-order valence-corrected chi connectivity index (χ1v) is 5.84. The number of nitrogens with two attached hydrogens (primary N) is 1. The topological polar surface area (TPSA) is 75.3 Å². The maximum absolute atomic E-state index is 11.6. The molecule has 2 atom stereocenters. The third kappa shape index (κ3) is 4.97. The van der Waals surface area contributed by atoms with Gasteiger partial charge in [-0.15, -0.1) is 0 Å². The fraction of sp³-hybridized carbons (Fsp3) is 0.462. The first-order chi connectivity index (χ1) is 8.13. The molecule has 1 amide bonds. The molecule has 0 aliphatic rings. The van der Waals surface area contributed by atoms with Crippen molar-refractivity contribution in [3.63, 3.8) is 0 Å². The van der Waals surface area contributed by atoms with Gasteiger partial charge in [-0.2, -0.15) is 0 Å². The van der Waals surface area contributed by atoms with Gasteiger partial charge in [-0.05, 0) is 25.3 Å². The second-order valence-electron chi connectivity index (χ2n) is 4.22. The van der Waals surface area contributed by atoms with Crippen molar-refractivity contribution in [2.45, 2.75) is 31.8 Å². The van der Waals surface area contributed by atoms with Gasteiger partial charge in [-0.3, -0.25) is 4.79 Å². The fourth-order valence-corrected chi connectivity index (χ4v) is 1.49. The fourth-order valence-electron chi connectivity index (χ4n) is 1.49. The number of hydrogen-bond acceptors (Lipinski definition) is 3. The van der Waals surface area contributed by atoms with Crippen molar-refractivity contribution in [2.75, 3.05) is 6.61 Å². The highest BCUT2D eigenvalue weighted by molar-refractivity contribution is 5.81. The second-order valence-corrected chi connectivity index (χ2v) is 4.22.